The van der Waals surface area contributed by atoms with E-state index >= 15 is 0 Å². The van der Waals surface area contributed by atoms with Gasteiger partial charge in [-0.05, 0) is 45.1 Å². The number of hydrogen-bond donors (Lipinski definition) is 1. The second kappa shape index (κ2) is 8.90. The zero-order chi connectivity index (χ0) is 15.8. The number of likely N-dealkylation sites (N-methyl/N-ethyl adjacent to an activating group) is 2. The van der Waals surface area contributed by atoms with E-state index in [4.69, 9.17) is 9.47 Å². The molecule has 2 unspecified atom stereocenters. The smallest absolute Gasteiger partial charge is 0.161 e. The van der Waals surface area contributed by atoms with Crippen LogP contribution in [0.25, 0.3) is 0 Å². The van der Waals surface area contributed by atoms with Crippen LogP contribution in [-0.2, 0) is 0 Å². The molecule has 2 atom stereocenters. The maximum Gasteiger partial charge on any atom is 0.161 e. The molecule has 1 aromatic rings. The van der Waals surface area contributed by atoms with E-state index < -0.39 is 0 Å². The predicted octanol–water partition coefficient (Wildman–Crippen LogP) is 3.08. The summed E-state index contributed by atoms with van der Waals surface area (Å²) in [5, 5.41) is 3.40. The average molecular weight is 294 g/mol. The van der Waals surface area contributed by atoms with Crippen LogP contribution in [0.4, 0.5) is 0 Å². The Hall–Kier alpha value is -1.26. The van der Waals surface area contributed by atoms with Gasteiger partial charge in [0.05, 0.1) is 14.2 Å². The summed E-state index contributed by atoms with van der Waals surface area (Å²) < 4.78 is 10.7. The first-order valence-electron chi connectivity index (χ1n) is 7.66. The molecule has 0 bridgehead atoms. The zero-order valence-electron chi connectivity index (χ0n) is 14.3. The first kappa shape index (κ1) is 17.8. The maximum atomic E-state index is 5.40. The highest BCUT2D eigenvalue weighted by atomic mass is 16.5. The molecule has 0 aliphatic carbocycles. The topological polar surface area (TPSA) is 33.7 Å². The Bertz CT molecular complexity index is 423. The van der Waals surface area contributed by atoms with E-state index in [1.807, 2.05) is 13.1 Å². The monoisotopic (exact) mass is 294 g/mol. The standard InChI is InChI=1S/C17H30N2O2/c1-7-8-13(2)19(4)12-15(18-3)14-9-10-16(20-5)17(11-14)21-6/h9-11,13,15,18H,7-8,12H2,1-6H3. The van der Waals surface area contributed by atoms with Gasteiger partial charge in [-0.25, -0.2) is 0 Å². The molecule has 1 rings (SSSR count). The summed E-state index contributed by atoms with van der Waals surface area (Å²) >= 11 is 0. The van der Waals surface area contributed by atoms with E-state index in [9.17, 15) is 0 Å². The van der Waals surface area contributed by atoms with Gasteiger partial charge in [0.25, 0.3) is 0 Å². The predicted molar refractivity (Wildman–Crippen MR) is 88.3 cm³/mol. The highest BCUT2D eigenvalue weighted by molar-refractivity contribution is 5.43. The van der Waals surface area contributed by atoms with Gasteiger partial charge in [0.2, 0.25) is 0 Å². The Balaban J connectivity index is 2.84. The molecule has 4 heteroatoms. The number of hydrogen-bond acceptors (Lipinski definition) is 4. The lowest BCUT2D eigenvalue weighted by molar-refractivity contribution is 0.222. The summed E-state index contributed by atoms with van der Waals surface area (Å²) in [5.74, 6) is 1.54. The number of nitrogens with zero attached hydrogens (tertiary/aromatic N) is 1. The van der Waals surface area contributed by atoms with Gasteiger partial charge >= 0.3 is 0 Å². The summed E-state index contributed by atoms with van der Waals surface area (Å²) in [5.41, 5.74) is 1.21. The fraction of sp³-hybridized carbons (Fsp3) is 0.647. The zero-order valence-corrected chi connectivity index (χ0v) is 14.3. The number of nitrogens with one attached hydrogen (secondary N) is 1. The molecule has 0 aromatic heterocycles. The normalized spacial score (nSPS) is 14.0. The molecule has 1 aromatic carbocycles. The third kappa shape index (κ3) is 4.90. The second-order valence-corrected chi connectivity index (χ2v) is 5.53. The average Bonchev–Trinajstić information content (AvgIpc) is 2.51. The molecule has 0 fully saturated rings. The van der Waals surface area contributed by atoms with Gasteiger partial charge in [-0.2, -0.15) is 0 Å². The lowest BCUT2D eigenvalue weighted by Crippen LogP contribution is -2.36. The Morgan fingerprint density at radius 2 is 1.86 bits per heavy atom. The van der Waals surface area contributed by atoms with Gasteiger partial charge in [-0.1, -0.05) is 19.4 Å². The van der Waals surface area contributed by atoms with E-state index in [2.05, 4.69) is 43.2 Å². The fourth-order valence-corrected chi connectivity index (χ4v) is 2.54. The molecule has 0 heterocycles. The first-order valence-corrected chi connectivity index (χ1v) is 7.66. The fourth-order valence-electron chi connectivity index (χ4n) is 2.54. The lowest BCUT2D eigenvalue weighted by atomic mass is 10.0. The SMILES string of the molecule is CCCC(C)N(C)CC(NC)c1ccc(OC)c(OC)c1. The van der Waals surface area contributed by atoms with Crippen LogP contribution in [0.1, 0.15) is 38.3 Å². The molecule has 0 aliphatic rings. The van der Waals surface area contributed by atoms with Crippen LogP contribution in [0, 0.1) is 0 Å². The van der Waals surface area contributed by atoms with Crippen molar-refractivity contribution < 1.29 is 9.47 Å². The molecule has 120 valence electrons. The number of methoxy groups -OCH3 is 2. The molecule has 4 nitrogen and oxygen atoms in total. The van der Waals surface area contributed by atoms with E-state index in [1.165, 1.54) is 18.4 Å². The van der Waals surface area contributed by atoms with Crippen LogP contribution in [0.2, 0.25) is 0 Å². The Morgan fingerprint density at radius 3 is 2.38 bits per heavy atom. The van der Waals surface area contributed by atoms with Crippen molar-refractivity contribution in [2.75, 3.05) is 34.9 Å². The molecular weight excluding hydrogens is 264 g/mol. The van der Waals surface area contributed by atoms with Crippen molar-refractivity contribution in [2.24, 2.45) is 0 Å². The van der Waals surface area contributed by atoms with Crippen LogP contribution in [0.15, 0.2) is 18.2 Å². The molecule has 0 saturated carbocycles. The van der Waals surface area contributed by atoms with Crippen LogP contribution in [0.5, 0.6) is 11.5 Å². The minimum atomic E-state index is 0.272. The highest BCUT2D eigenvalue weighted by Gasteiger charge is 2.17. The van der Waals surface area contributed by atoms with Gasteiger partial charge in [-0.3, -0.25) is 0 Å². The Morgan fingerprint density at radius 1 is 1.19 bits per heavy atom. The largest absolute Gasteiger partial charge is 0.493 e. The van der Waals surface area contributed by atoms with Gasteiger partial charge < -0.3 is 19.7 Å². The number of benzene rings is 1. The molecular formula is C17H30N2O2. The van der Waals surface area contributed by atoms with E-state index in [0.717, 1.165) is 18.0 Å². The lowest BCUT2D eigenvalue weighted by Gasteiger charge is -2.29. The molecule has 0 aliphatic heterocycles. The van der Waals surface area contributed by atoms with Gasteiger partial charge in [0.15, 0.2) is 11.5 Å². The van der Waals surface area contributed by atoms with Crippen molar-refractivity contribution in [1.29, 1.82) is 0 Å². The van der Waals surface area contributed by atoms with E-state index in [1.54, 1.807) is 14.2 Å². The van der Waals surface area contributed by atoms with E-state index in [0.29, 0.717) is 6.04 Å². The van der Waals surface area contributed by atoms with Crippen LogP contribution < -0.4 is 14.8 Å². The van der Waals surface area contributed by atoms with Crippen molar-refractivity contribution in [1.82, 2.24) is 10.2 Å². The van der Waals surface area contributed by atoms with E-state index in [-0.39, 0.29) is 6.04 Å². The molecule has 21 heavy (non-hydrogen) atoms. The maximum absolute atomic E-state index is 5.40. The van der Waals surface area contributed by atoms with Crippen LogP contribution in [-0.4, -0.2) is 45.8 Å². The molecule has 0 amide bonds. The second-order valence-electron chi connectivity index (χ2n) is 5.53. The molecule has 0 saturated heterocycles. The summed E-state index contributed by atoms with van der Waals surface area (Å²) in [6.45, 7) is 5.48. The summed E-state index contributed by atoms with van der Waals surface area (Å²) in [6.07, 6.45) is 2.44. The van der Waals surface area contributed by atoms with Crippen molar-refractivity contribution in [3.05, 3.63) is 23.8 Å². The van der Waals surface area contributed by atoms with Crippen LogP contribution >= 0.6 is 0 Å². The molecule has 1 N–H and O–H groups in total. The molecule has 0 spiro atoms. The van der Waals surface area contributed by atoms with Gasteiger partial charge in [0, 0.05) is 18.6 Å². The van der Waals surface area contributed by atoms with Gasteiger partial charge in [0.1, 0.15) is 0 Å². The summed E-state index contributed by atoms with van der Waals surface area (Å²) in [4.78, 5) is 2.40. The quantitative estimate of drug-likeness (QED) is 0.759. The van der Waals surface area contributed by atoms with Crippen molar-refractivity contribution in [2.45, 2.75) is 38.8 Å². The Labute approximate surface area is 129 Å². The minimum Gasteiger partial charge on any atom is -0.493 e. The summed E-state index contributed by atoms with van der Waals surface area (Å²) in [6, 6.07) is 6.98. The molecule has 0 radical (unpaired) electrons. The third-order valence-electron chi connectivity index (χ3n) is 4.09. The third-order valence-corrected chi connectivity index (χ3v) is 4.09. The minimum absolute atomic E-state index is 0.272. The Kier molecular flexibility index (Phi) is 7.54. The van der Waals surface area contributed by atoms with Crippen LogP contribution in [0.3, 0.4) is 0 Å². The van der Waals surface area contributed by atoms with Crippen molar-refractivity contribution >= 4 is 0 Å². The van der Waals surface area contributed by atoms with Gasteiger partial charge in [-0.15, -0.1) is 0 Å². The first-order chi connectivity index (χ1) is 10.1. The highest BCUT2D eigenvalue weighted by Crippen LogP contribution is 2.30. The summed E-state index contributed by atoms with van der Waals surface area (Å²) in [7, 11) is 7.52. The number of ether oxygens (including phenoxy) is 2. The number of rotatable bonds is 9. The van der Waals surface area contributed by atoms with Crippen molar-refractivity contribution in [3.63, 3.8) is 0 Å². The van der Waals surface area contributed by atoms with Crippen molar-refractivity contribution in [3.8, 4) is 11.5 Å².